The molecular formula is C27H31N5O2S2. The van der Waals surface area contributed by atoms with Gasteiger partial charge < -0.3 is 15.1 Å². The number of thioether (sulfide) groups is 1. The molecule has 5 rings (SSSR count). The highest BCUT2D eigenvalue weighted by Crippen LogP contribution is 2.32. The van der Waals surface area contributed by atoms with E-state index in [1.807, 2.05) is 40.6 Å². The zero-order valence-electron chi connectivity index (χ0n) is 20.3. The van der Waals surface area contributed by atoms with E-state index in [-0.39, 0.29) is 17.7 Å². The quantitative estimate of drug-likeness (QED) is 0.426. The topological polar surface area (TPSA) is 78.4 Å². The third-order valence-corrected chi connectivity index (χ3v) is 8.82. The first kappa shape index (κ1) is 24.8. The Kier molecular flexibility index (Phi) is 8.18. The summed E-state index contributed by atoms with van der Waals surface area (Å²) in [7, 11) is 0. The SMILES string of the molecule is O=C(Nc1ccccc1N1CCCCC1)c1csc(C2CCN(C(=O)CSc3ccncc3)CC2)n1. The smallest absolute Gasteiger partial charge is 0.275 e. The zero-order valence-corrected chi connectivity index (χ0v) is 21.9. The molecule has 4 heterocycles. The Morgan fingerprint density at radius 3 is 2.53 bits per heavy atom. The average molecular weight is 522 g/mol. The predicted octanol–water partition coefficient (Wildman–Crippen LogP) is 5.28. The zero-order chi connectivity index (χ0) is 24.7. The van der Waals surface area contributed by atoms with Gasteiger partial charge in [-0.3, -0.25) is 14.6 Å². The molecule has 2 aromatic heterocycles. The van der Waals surface area contributed by atoms with E-state index in [4.69, 9.17) is 4.98 Å². The molecule has 3 aromatic rings. The number of para-hydroxylation sites is 2. The second-order valence-corrected chi connectivity index (χ2v) is 11.2. The van der Waals surface area contributed by atoms with Gasteiger partial charge in [0.25, 0.3) is 5.91 Å². The van der Waals surface area contributed by atoms with E-state index < -0.39 is 0 Å². The van der Waals surface area contributed by atoms with Gasteiger partial charge in [0.05, 0.1) is 22.1 Å². The Morgan fingerprint density at radius 2 is 1.75 bits per heavy atom. The molecule has 36 heavy (non-hydrogen) atoms. The number of hydrogen-bond acceptors (Lipinski definition) is 7. The van der Waals surface area contributed by atoms with Crippen molar-refractivity contribution < 1.29 is 9.59 Å². The number of nitrogens with one attached hydrogen (secondary N) is 1. The molecule has 2 saturated heterocycles. The van der Waals surface area contributed by atoms with Crippen LogP contribution >= 0.6 is 23.1 Å². The van der Waals surface area contributed by atoms with Crippen LogP contribution in [0.2, 0.25) is 0 Å². The largest absolute Gasteiger partial charge is 0.370 e. The van der Waals surface area contributed by atoms with Crippen molar-refractivity contribution in [2.24, 2.45) is 0 Å². The molecule has 0 aliphatic carbocycles. The molecular weight excluding hydrogens is 490 g/mol. The number of likely N-dealkylation sites (tertiary alicyclic amines) is 1. The van der Waals surface area contributed by atoms with Crippen molar-refractivity contribution in [3.63, 3.8) is 0 Å². The Bertz CT molecular complexity index is 1170. The van der Waals surface area contributed by atoms with E-state index in [1.165, 1.54) is 19.3 Å². The lowest BCUT2D eigenvalue weighted by Gasteiger charge is -2.31. The Hall–Kier alpha value is -2.91. The molecule has 0 atom stereocenters. The van der Waals surface area contributed by atoms with Gasteiger partial charge in [-0.05, 0) is 56.4 Å². The molecule has 0 saturated carbocycles. The van der Waals surface area contributed by atoms with Crippen LogP contribution in [0.5, 0.6) is 0 Å². The van der Waals surface area contributed by atoms with Gasteiger partial charge in [-0.2, -0.15) is 0 Å². The van der Waals surface area contributed by atoms with Gasteiger partial charge in [0, 0.05) is 54.8 Å². The van der Waals surface area contributed by atoms with Gasteiger partial charge in [-0.25, -0.2) is 4.98 Å². The first-order valence-electron chi connectivity index (χ1n) is 12.6. The van der Waals surface area contributed by atoms with Crippen molar-refractivity contribution in [1.82, 2.24) is 14.9 Å². The average Bonchev–Trinajstić information content (AvgIpc) is 3.44. The third kappa shape index (κ3) is 6.07. The fraction of sp³-hybridized carbons (Fsp3) is 0.407. The molecule has 1 aromatic carbocycles. The second kappa shape index (κ2) is 11.9. The molecule has 0 bridgehead atoms. The summed E-state index contributed by atoms with van der Waals surface area (Å²) < 4.78 is 0. The molecule has 188 valence electrons. The summed E-state index contributed by atoms with van der Waals surface area (Å²) in [4.78, 5) is 39.7. The minimum absolute atomic E-state index is 0.164. The summed E-state index contributed by atoms with van der Waals surface area (Å²) in [5, 5.41) is 5.94. The Morgan fingerprint density at radius 1 is 1.00 bits per heavy atom. The molecule has 9 heteroatoms. The van der Waals surface area contributed by atoms with Crippen LogP contribution in [0.3, 0.4) is 0 Å². The van der Waals surface area contributed by atoms with Crippen molar-refractivity contribution in [1.29, 1.82) is 0 Å². The minimum Gasteiger partial charge on any atom is -0.370 e. The number of aromatic nitrogens is 2. The highest BCUT2D eigenvalue weighted by Gasteiger charge is 2.26. The lowest BCUT2D eigenvalue weighted by Crippen LogP contribution is -2.38. The number of piperidine rings is 2. The summed E-state index contributed by atoms with van der Waals surface area (Å²) in [6.07, 6.45) is 8.88. The molecule has 1 N–H and O–H groups in total. The van der Waals surface area contributed by atoms with Gasteiger partial charge >= 0.3 is 0 Å². The summed E-state index contributed by atoms with van der Waals surface area (Å²) >= 11 is 3.10. The van der Waals surface area contributed by atoms with Crippen LogP contribution in [0, 0.1) is 0 Å². The molecule has 0 unspecified atom stereocenters. The molecule has 2 aliphatic rings. The number of hydrogen-bond donors (Lipinski definition) is 1. The Balaban J connectivity index is 1.14. The fourth-order valence-electron chi connectivity index (χ4n) is 4.80. The highest BCUT2D eigenvalue weighted by atomic mass is 32.2. The second-order valence-electron chi connectivity index (χ2n) is 9.22. The maximum atomic E-state index is 13.0. The number of rotatable bonds is 7. The van der Waals surface area contributed by atoms with Crippen LogP contribution < -0.4 is 10.2 Å². The lowest BCUT2D eigenvalue weighted by atomic mass is 9.97. The maximum Gasteiger partial charge on any atom is 0.275 e. The number of carbonyl (C=O) groups is 2. The van der Waals surface area contributed by atoms with Crippen LogP contribution in [0.25, 0.3) is 0 Å². The highest BCUT2D eigenvalue weighted by molar-refractivity contribution is 8.00. The van der Waals surface area contributed by atoms with Crippen LogP contribution in [0.1, 0.15) is 53.5 Å². The van der Waals surface area contributed by atoms with E-state index in [0.29, 0.717) is 11.4 Å². The monoisotopic (exact) mass is 521 g/mol. The normalized spacial score (nSPS) is 16.7. The molecule has 0 radical (unpaired) electrons. The maximum absolute atomic E-state index is 13.0. The summed E-state index contributed by atoms with van der Waals surface area (Å²) in [6, 6.07) is 11.9. The van der Waals surface area contributed by atoms with Crippen LogP contribution in [0.15, 0.2) is 59.1 Å². The van der Waals surface area contributed by atoms with Crippen molar-refractivity contribution in [2.75, 3.05) is 42.1 Å². The standard InChI is InChI=1S/C27H31N5O2S2/c33-25(19-35-21-8-12-28-13-9-21)32-16-10-20(11-17-32)27-30-23(18-36-27)26(34)29-22-6-2-3-7-24(22)31-14-4-1-5-15-31/h2-3,6-9,12-13,18,20H,1,4-5,10-11,14-17,19H2,(H,29,34). The van der Waals surface area contributed by atoms with E-state index in [2.05, 4.69) is 21.3 Å². The van der Waals surface area contributed by atoms with Crippen molar-refractivity contribution in [3.8, 4) is 0 Å². The number of pyridine rings is 1. The minimum atomic E-state index is -0.164. The molecule has 2 aliphatic heterocycles. The summed E-state index contributed by atoms with van der Waals surface area (Å²) in [6.45, 7) is 3.50. The predicted molar refractivity (Wildman–Crippen MR) is 146 cm³/mol. The number of amides is 2. The van der Waals surface area contributed by atoms with E-state index in [1.54, 1.807) is 35.5 Å². The number of anilines is 2. The summed E-state index contributed by atoms with van der Waals surface area (Å²) in [5.41, 5.74) is 2.39. The molecule has 2 amide bonds. The number of carbonyl (C=O) groups excluding carboxylic acids is 2. The number of benzene rings is 1. The third-order valence-electron chi connectivity index (χ3n) is 6.81. The molecule has 2 fully saturated rings. The molecule has 0 spiro atoms. The van der Waals surface area contributed by atoms with Crippen LogP contribution in [-0.4, -0.2) is 58.6 Å². The van der Waals surface area contributed by atoms with Gasteiger partial charge in [-0.1, -0.05) is 12.1 Å². The van der Waals surface area contributed by atoms with Crippen molar-refractivity contribution in [2.45, 2.75) is 42.9 Å². The van der Waals surface area contributed by atoms with Crippen LogP contribution in [0.4, 0.5) is 11.4 Å². The van der Waals surface area contributed by atoms with E-state index in [9.17, 15) is 9.59 Å². The number of thiazole rings is 1. The van der Waals surface area contributed by atoms with E-state index >= 15 is 0 Å². The molecule has 7 nitrogen and oxygen atoms in total. The van der Waals surface area contributed by atoms with Gasteiger partial charge in [0.2, 0.25) is 5.91 Å². The van der Waals surface area contributed by atoms with Gasteiger partial charge in [0.1, 0.15) is 5.69 Å². The van der Waals surface area contributed by atoms with Crippen molar-refractivity contribution in [3.05, 3.63) is 64.9 Å². The fourth-order valence-corrected chi connectivity index (χ4v) is 6.56. The lowest BCUT2D eigenvalue weighted by molar-refractivity contribution is -0.129. The van der Waals surface area contributed by atoms with E-state index in [0.717, 1.165) is 60.3 Å². The Labute approximate surface area is 220 Å². The number of nitrogens with zero attached hydrogens (tertiary/aromatic N) is 4. The van der Waals surface area contributed by atoms with Gasteiger partial charge in [-0.15, -0.1) is 23.1 Å². The summed E-state index contributed by atoms with van der Waals surface area (Å²) in [5.74, 6) is 0.730. The van der Waals surface area contributed by atoms with Gasteiger partial charge in [0.15, 0.2) is 0 Å². The first-order valence-corrected chi connectivity index (χ1v) is 14.5. The van der Waals surface area contributed by atoms with Crippen LogP contribution in [-0.2, 0) is 4.79 Å². The first-order chi connectivity index (χ1) is 17.7. The van der Waals surface area contributed by atoms with Crippen molar-refractivity contribution >= 4 is 46.3 Å².